The molecule has 0 radical (unpaired) electrons. The molecule has 1 aliphatic heterocycles. The van der Waals surface area contributed by atoms with Crippen LogP contribution in [0.15, 0.2) is 0 Å². The van der Waals surface area contributed by atoms with Crippen molar-refractivity contribution in [2.24, 2.45) is 5.92 Å². The maximum Gasteiger partial charge on any atom is 0.0815 e. The largest absolute Gasteiger partial charge is 0.388 e. The fourth-order valence-electron chi connectivity index (χ4n) is 2.10. The Kier molecular flexibility index (Phi) is 5.03. The molecule has 0 spiro atoms. The highest BCUT2D eigenvalue weighted by molar-refractivity contribution is 4.85. The number of hydrogen-bond acceptors (Lipinski definition) is 3. The molecule has 1 atom stereocenters. The minimum atomic E-state index is -0.541. The first kappa shape index (κ1) is 12.9. The molecule has 1 unspecified atom stereocenters. The van der Waals surface area contributed by atoms with Crippen molar-refractivity contribution in [3.63, 3.8) is 0 Å². The van der Waals surface area contributed by atoms with Crippen molar-refractivity contribution in [2.45, 2.75) is 51.7 Å². The van der Waals surface area contributed by atoms with E-state index in [1.807, 2.05) is 0 Å². The average Bonchev–Trinajstić information content (AvgIpc) is 2.19. The number of aliphatic hydroxyl groups is 1. The molecule has 0 saturated carbocycles. The van der Waals surface area contributed by atoms with Crippen LogP contribution in [0.5, 0.6) is 0 Å². The van der Waals surface area contributed by atoms with E-state index in [0.29, 0.717) is 31.7 Å². The van der Waals surface area contributed by atoms with E-state index >= 15 is 0 Å². The first-order chi connectivity index (χ1) is 7.07. The third kappa shape index (κ3) is 4.09. The van der Waals surface area contributed by atoms with Crippen LogP contribution in [0, 0.1) is 5.92 Å². The van der Waals surface area contributed by atoms with E-state index < -0.39 is 5.60 Å². The summed E-state index contributed by atoms with van der Waals surface area (Å²) in [6, 6.07) is 0.511. The Hall–Kier alpha value is -0.120. The van der Waals surface area contributed by atoms with Crippen molar-refractivity contribution in [1.82, 2.24) is 5.32 Å². The topological polar surface area (TPSA) is 41.5 Å². The predicted molar refractivity (Wildman–Crippen MR) is 61.9 cm³/mol. The summed E-state index contributed by atoms with van der Waals surface area (Å²) in [5.41, 5.74) is -0.541. The van der Waals surface area contributed by atoms with Crippen molar-refractivity contribution in [1.29, 1.82) is 0 Å². The van der Waals surface area contributed by atoms with Crippen LogP contribution in [0.2, 0.25) is 0 Å². The Balaban J connectivity index is 2.33. The van der Waals surface area contributed by atoms with Gasteiger partial charge in [-0.2, -0.15) is 0 Å². The number of hydrogen-bond donors (Lipinski definition) is 2. The van der Waals surface area contributed by atoms with E-state index in [9.17, 15) is 5.11 Å². The molecule has 2 N–H and O–H groups in total. The molecule has 0 aromatic heterocycles. The molecule has 1 aliphatic rings. The Morgan fingerprint density at radius 2 is 1.93 bits per heavy atom. The Morgan fingerprint density at radius 3 is 2.40 bits per heavy atom. The number of nitrogens with one attached hydrogen (secondary N) is 1. The predicted octanol–water partition coefficient (Wildman–Crippen LogP) is 1.55. The number of ether oxygens (including phenoxy) is 1. The van der Waals surface area contributed by atoms with Crippen LogP contribution in [0.3, 0.4) is 0 Å². The van der Waals surface area contributed by atoms with Crippen molar-refractivity contribution >= 4 is 0 Å². The van der Waals surface area contributed by atoms with Crippen molar-refractivity contribution in [3.8, 4) is 0 Å². The molecule has 15 heavy (non-hydrogen) atoms. The molecule has 0 aromatic rings. The van der Waals surface area contributed by atoms with Gasteiger partial charge in [0.1, 0.15) is 0 Å². The van der Waals surface area contributed by atoms with E-state index in [1.165, 1.54) is 0 Å². The molecule has 90 valence electrons. The van der Waals surface area contributed by atoms with Gasteiger partial charge in [0, 0.05) is 38.6 Å². The summed E-state index contributed by atoms with van der Waals surface area (Å²) in [5, 5.41) is 13.7. The molecule has 1 heterocycles. The summed E-state index contributed by atoms with van der Waals surface area (Å²) in [5.74, 6) is 0.624. The van der Waals surface area contributed by atoms with Gasteiger partial charge in [-0.15, -0.1) is 0 Å². The quantitative estimate of drug-likeness (QED) is 0.731. The maximum atomic E-state index is 10.3. The van der Waals surface area contributed by atoms with Crippen LogP contribution in [-0.4, -0.2) is 36.5 Å². The molecular formula is C12H25NO2. The monoisotopic (exact) mass is 215 g/mol. The van der Waals surface area contributed by atoms with Gasteiger partial charge in [0.2, 0.25) is 0 Å². The lowest BCUT2D eigenvalue weighted by Gasteiger charge is -2.34. The van der Waals surface area contributed by atoms with Gasteiger partial charge in [-0.3, -0.25) is 0 Å². The third-order valence-corrected chi connectivity index (χ3v) is 3.36. The van der Waals surface area contributed by atoms with Gasteiger partial charge >= 0.3 is 0 Å². The highest BCUT2D eigenvalue weighted by Crippen LogP contribution is 2.20. The van der Waals surface area contributed by atoms with Crippen molar-refractivity contribution < 1.29 is 9.84 Å². The number of rotatable bonds is 5. The minimum Gasteiger partial charge on any atom is -0.388 e. The first-order valence-corrected chi connectivity index (χ1v) is 6.11. The standard InChI is InChI=1S/C12H25NO2/c1-4-11(10(2)3)13-9-12(14)5-7-15-8-6-12/h10-11,13-14H,4-9H2,1-3H3. The van der Waals surface area contributed by atoms with Crippen LogP contribution < -0.4 is 5.32 Å². The zero-order valence-corrected chi connectivity index (χ0v) is 10.3. The normalized spacial score (nSPS) is 23.0. The summed E-state index contributed by atoms with van der Waals surface area (Å²) in [7, 11) is 0. The zero-order valence-electron chi connectivity index (χ0n) is 10.3. The van der Waals surface area contributed by atoms with Crippen LogP contribution >= 0.6 is 0 Å². The minimum absolute atomic E-state index is 0.511. The van der Waals surface area contributed by atoms with Gasteiger partial charge < -0.3 is 15.2 Å². The van der Waals surface area contributed by atoms with Crippen LogP contribution in [0.1, 0.15) is 40.0 Å². The lowest BCUT2D eigenvalue weighted by molar-refractivity contribution is -0.0633. The molecule has 3 heteroatoms. The smallest absolute Gasteiger partial charge is 0.0815 e. The zero-order chi connectivity index (χ0) is 11.3. The highest BCUT2D eigenvalue weighted by atomic mass is 16.5. The Bertz CT molecular complexity index is 176. The molecule has 1 fully saturated rings. The van der Waals surface area contributed by atoms with Crippen molar-refractivity contribution in [2.75, 3.05) is 19.8 Å². The summed E-state index contributed by atoms with van der Waals surface area (Å²) < 4.78 is 5.26. The Labute approximate surface area is 93.2 Å². The van der Waals surface area contributed by atoms with Crippen LogP contribution in [-0.2, 0) is 4.74 Å². The molecule has 1 rings (SSSR count). The third-order valence-electron chi connectivity index (χ3n) is 3.36. The Morgan fingerprint density at radius 1 is 1.33 bits per heavy atom. The fourth-order valence-corrected chi connectivity index (χ4v) is 2.10. The molecule has 0 amide bonds. The molecule has 0 bridgehead atoms. The maximum absolute atomic E-state index is 10.3. The molecular weight excluding hydrogens is 190 g/mol. The average molecular weight is 215 g/mol. The molecule has 0 aromatic carbocycles. The molecule has 0 aliphatic carbocycles. The van der Waals surface area contributed by atoms with Gasteiger partial charge in [-0.1, -0.05) is 20.8 Å². The fraction of sp³-hybridized carbons (Fsp3) is 1.00. The van der Waals surface area contributed by atoms with Gasteiger partial charge in [0.25, 0.3) is 0 Å². The second-order valence-corrected chi connectivity index (χ2v) is 4.98. The lowest BCUT2D eigenvalue weighted by Crippen LogP contribution is -2.48. The van der Waals surface area contributed by atoms with E-state index in [4.69, 9.17) is 4.74 Å². The summed E-state index contributed by atoms with van der Waals surface area (Å²) in [6.07, 6.45) is 2.63. The van der Waals surface area contributed by atoms with Gasteiger partial charge in [-0.05, 0) is 12.3 Å². The van der Waals surface area contributed by atoms with E-state index in [2.05, 4.69) is 26.1 Å². The second-order valence-electron chi connectivity index (χ2n) is 4.98. The first-order valence-electron chi connectivity index (χ1n) is 6.11. The molecule has 1 saturated heterocycles. The SMILES string of the molecule is CCC(NCC1(O)CCOCC1)C(C)C. The summed E-state index contributed by atoms with van der Waals surface area (Å²) in [4.78, 5) is 0. The second kappa shape index (κ2) is 5.83. The van der Waals surface area contributed by atoms with Gasteiger partial charge in [-0.25, -0.2) is 0 Å². The lowest BCUT2D eigenvalue weighted by atomic mass is 9.93. The van der Waals surface area contributed by atoms with Crippen LogP contribution in [0.25, 0.3) is 0 Å². The molecule has 3 nitrogen and oxygen atoms in total. The summed E-state index contributed by atoms with van der Waals surface area (Å²) >= 11 is 0. The van der Waals surface area contributed by atoms with Gasteiger partial charge in [0.15, 0.2) is 0 Å². The van der Waals surface area contributed by atoms with E-state index in [1.54, 1.807) is 0 Å². The van der Waals surface area contributed by atoms with Crippen molar-refractivity contribution in [3.05, 3.63) is 0 Å². The van der Waals surface area contributed by atoms with Crippen LogP contribution in [0.4, 0.5) is 0 Å². The van der Waals surface area contributed by atoms with E-state index in [-0.39, 0.29) is 0 Å². The highest BCUT2D eigenvalue weighted by Gasteiger charge is 2.30. The summed E-state index contributed by atoms with van der Waals surface area (Å²) in [6.45, 7) is 8.70. The van der Waals surface area contributed by atoms with Gasteiger partial charge in [0.05, 0.1) is 5.60 Å². The van der Waals surface area contributed by atoms with E-state index in [0.717, 1.165) is 19.3 Å².